The Kier molecular flexibility index (Phi) is 4.96. The van der Waals surface area contributed by atoms with Crippen LogP contribution in [0.4, 0.5) is 0 Å². The van der Waals surface area contributed by atoms with E-state index in [1.165, 1.54) is 0 Å². The van der Waals surface area contributed by atoms with Gasteiger partial charge in [0.2, 0.25) is 0 Å². The maximum atomic E-state index is 13.0. The molecule has 0 unspecified atom stereocenters. The predicted molar refractivity (Wildman–Crippen MR) is 110 cm³/mol. The van der Waals surface area contributed by atoms with Crippen molar-refractivity contribution in [1.29, 1.82) is 0 Å². The topological polar surface area (TPSA) is 44.1 Å². The second kappa shape index (κ2) is 7.71. The lowest BCUT2D eigenvalue weighted by Crippen LogP contribution is -2.10. The Morgan fingerprint density at radius 2 is 1.50 bits per heavy atom. The third kappa shape index (κ3) is 3.55. The molecule has 1 heterocycles. The number of aromatic nitrogens is 2. The van der Waals surface area contributed by atoms with E-state index < -0.39 is 5.97 Å². The van der Waals surface area contributed by atoms with Crippen LogP contribution < -0.4 is 4.74 Å². The summed E-state index contributed by atoms with van der Waals surface area (Å²) in [6.07, 6.45) is 0. The Morgan fingerprint density at radius 1 is 0.893 bits per heavy atom. The highest BCUT2D eigenvalue weighted by atomic mass is 35.5. The largest absolute Gasteiger partial charge is 0.423 e. The van der Waals surface area contributed by atoms with Gasteiger partial charge in [-0.1, -0.05) is 77.8 Å². The maximum absolute atomic E-state index is 13.0. The van der Waals surface area contributed by atoms with Crippen molar-refractivity contribution in [3.05, 3.63) is 101 Å². The summed E-state index contributed by atoms with van der Waals surface area (Å²) in [7, 11) is 0. The number of carbonyl (C=O) groups is 1. The van der Waals surface area contributed by atoms with Crippen molar-refractivity contribution in [2.75, 3.05) is 0 Å². The Hall–Kier alpha value is -3.37. The fourth-order valence-electron chi connectivity index (χ4n) is 2.88. The van der Waals surface area contributed by atoms with Gasteiger partial charge in [-0.05, 0) is 31.2 Å². The van der Waals surface area contributed by atoms with Crippen LogP contribution in [-0.4, -0.2) is 15.7 Å². The van der Waals surface area contributed by atoms with Crippen molar-refractivity contribution >= 4 is 17.6 Å². The second-order valence-electron chi connectivity index (χ2n) is 6.33. The van der Waals surface area contributed by atoms with Gasteiger partial charge in [0.15, 0.2) is 0 Å². The van der Waals surface area contributed by atoms with E-state index in [0.29, 0.717) is 11.4 Å². The fraction of sp³-hybridized carbons (Fsp3) is 0.0435. The molecule has 0 aliphatic heterocycles. The minimum atomic E-state index is -0.546. The summed E-state index contributed by atoms with van der Waals surface area (Å²) in [5, 5.41) is 4.82. The standard InChI is InChI=1S/C23H17ClN2O2/c1-16-12-14-19(15-13-16)28-23(27)20-21(17-8-4-2-5-9-17)25-26(22(20)24)18-10-6-3-7-11-18/h2-15H,1H3. The number of halogens is 1. The predicted octanol–water partition coefficient (Wildman–Crippen LogP) is 5.72. The molecule has 0 N–H and O–H groups in total. The minimum absolute atomic E-state index is 0.210. The average Bonchev–Trinajstić information content (AvgIpc) is 3.08. The van der Waals surface area contributed by atoms with Gasteiger partial charge in [-0.25, -0.2) is 9.48 Å². The van der Waals surface area contributed by atoms with Crippen LogP contribution in [0.25, 0.3) is 16.9 Å². The van der Waals surface area contributed by atoms with Crippen molar-refractivity contribution in [2.24, 2.45) is 0 Å². The van der Waals surface area contributed by atoms with E-state index in [1.807, 2.05) is 79.7 Å². The Morgan fingerprint density at radius 3 is 2.14 bits per heavy atom. The number of carbonyl (C=O) groups excluding carboxylic acids is 1. The highest BCUT2D eigenvalue weighted by molar-refractivity contribution is 6.33. The van der Waals surface area contributed by atoms with Gasteiger partial charge in [-0.2, -0.15) is 5.10 Å². The molecule has 0 atom stereocenters. The number of para-hydroxylation sites is 1. The van der Waals surface area contributed by atoms with Crippen molar-refractivity contribution in [1.82, 2.24) is 9.78 Å². The first-order chi connectivity index (χ1) is 13.6. The summed E-state index contributed by atoms with van der Waals surface area (Å²) in [5.74, 6) is -0.0898. The van der Waals surface area contributed by atoms with Crippen LogP contribution >= 0.6 is 11.6 Å². The molecule has 3 aromatic carbocycles. The SMILES string of the molecule is Cc1ccc(OC(=O)c2c(-c3ccccc3)nn(-c3ccccc3)c2Cl)cc1. The zero-order chi connectivity index (χ0) is 19.5. The normalized spacial score (nSPS) is 10.6. The molecule has 4 rings (SSSR count). The van der Waals surface area contributed by atoms with Gasteiger partial charge in [0.05, 0.1) is 5.69 Å². The molecular formula is C23H17ClN2O2. The summed E-state index contributed by atoms with van der Waals surface area (Å²) >= 11 is 6.60. The number of esters is 1. The summed E-state index contributed by atoms with van der Waals surface area (Å²) < 4.78 is 7.12. The van der Waals surface area contributed by atoms with Crippen LogP contribution in [-0.2, 0) is 0 Å². The van der Waals surface area contributed by atoms with E-state index in [9.17, 15) is 4.79 Å². The monoisotopic (exact) mass is 388 g/mol. The van der Waals surface area contributed by atoms with Crippen LogP contribution in [0.1, 0.15) is 15.9 Å². The summed E-state index contributed by atoms with van der Waals surface area (Å²) in [6.45, 7) is 1.97. The van der Waals surface area contributed by atoms with Crippen LogP contribution in [0.15, 0.2) is 84.9 Å². The molecule has 0 fully saturated rings. The van der Waals surface area contributed by atoms with E-state index in [-0.39, 0.29) is 10.7 Å². The van der Waals surface area contributed by atoms with Gasteiger partial charge in [0.1, 0.15) is 22.2 Å². The molecule has 0 amide bonds. The van der Waals surface area contributed by atoms with Crippen molar-refractivity contribution < 1.29 is 9.53 Å². The van der Waals surface area contributed by atoms with Crippen molar-refractivity contribution in [2.45, 2.75) is 6.92 Å². The molecule has 0 spiro atoms. The molecule has 0 aliphatic carbocycles. The molecule has 0 aliphatic rings. The smallest absolute Gasteiger partial charge is 0.349 e. The fourth-order valence-corrected chi connectivity index (χ4v) is 3.18. The highest BCUT2D eigenvalue weighted by Crippen LogP contribution is 2.32. The van der Waals surface area contributed by atoms with E-state index in [4.69, 9.17) is 16.3 Å². The lowest BCUT2D eigenvalue weighted by atomic mass is 10.1. The molecule has 5 heteroatoms. The molecule has 4 aromatic rings. The summed E-state index contributed by atoms with van der Waals surface area (Å²) in [5.41, 5.74) is 3.34. The van der Waals surface area contributed by atoms with Gasteiger partial charge in [-0.3, -0.25) is 0 Å². The molecule has 0 saturated carbocycles. The summed E-state index contributed by atoms with van der Waals surface area (Å²) in [6, 6.07) is 26.2. The van der Waals surface area contributed by atoms with Gasteiger partial charge in [0.25, 0.3) is 0 Å². The number of hydrogen-bond donors (Lipinski definition) is 0. The van der Waals surface area contributed by atoms with E-state index in [2.05, 4.69) is 5.10 Å². The number of rotatable bonds is 4. The van der Waals surface area contributed by atoms with Gasteiger partial charge >= 0.3 is 5.97 Å². The summed E-state index contributed by atoms with van der Waals surface area (Å²) in [4.78, 5) is 13.0. The van der Waals surface area contributed by atoms with Crippen LogP contribution in [0, 0.1) is 6.92 Å². The van der Waals surface area contributed by atoms with Crippen LogP contribution in [0.5, 0.6) is 5.75 Å². The third-order valence-electron chi connectivity index (χ3n) is 4.31. The number of nitrogens with zero attached hydrogens (tertiary/aromatic N) is 2. The minimum Gasteiger partial charge on any atom is -0.423 e. The molecule has 138 valence electrons. The van der Waals surface area contributed by atoms with E-state index in [0.717, 1.165) is 16.8 Å². The average molecular weight is 389 g/mol. The first-order valence-electron chi connectivity index (χ1n) is 8.81. The number of hydrogen-bond acceptors (Lipinski definition) is 3. The molecule has 4 nitrogen and oxygen atoms in total. The zero-order valence-corrected chi connectivity index (χ0v) is 15.9. The first-order valence-corrected chi connectivity index (χ1v) is 9.19. The maximum Gasteiger partial charge on any atom is 0.349 e. The molecular weight excluding hydrogens is 372 g/mol. The Labute approximate surface area is 168 Å². The van der Waals surface area contributed by atoms with E-state index in [1.54, 1.807) is 16.8 Å². The van der Waals surface area contributed by atoms with E-state index >= 15 is 0 Å². The third-order valence-corrected chi connectivity index (χ3v) is 4.66. The van der Waals surface area contributed by atoms with Crippen LogP contribution in [0.2, 0.25) is 5.15 Å². The quantitative estimate of drug-likeness (QED) is 0.331. The number of ether oxygens (including phenoxy) is 1. The number of aryl methyl sites for hydroxylation is 1. The lowest BCUT2D eigenvalue weighted by Gasteiger charge is -2.06. The van der Waals surface area contributed by atoms with Crippen LogP contribution in [0.3, 0.4) is 0 Å². The molecule has 1 aromatic heterocycles. The molecule has 0 radical (unpaired) electrons. The Balaban J connectivity index is 1.81. The Bertz CT molecular complexity index is 1100. The highest BCUT2D eigenvalue weighted by Gasteiger charge is 2.26. The lowest BCUT2D eigenvalue weighted by molar-refractivity contribution is 0.0735. The molecule has 0 saturated heterocycles. The first kappa shape index (κ1) is 18.0. The van der Waals surface area contributed by atoms with Gasteiger partial charge in [-0.15, -0.1) is 0 Å². The second-order valence-corrected chi connectivity index (χ2v) is 6.69. The molecule has 28 heavy (non-hydrogen) atoms. The van der Waals surface area contributed by atoms with Crippen molar-refractivity contribution in [3.63, 3.8) is 0 Å². The molecule has 0 bridgehead atoms. The van der Waals surface area contributed by atoms with Crippen molar-refractivity contribution in [3.8, 4) is 22.7 Å². The zero-order valence-electron chi connectivity index (χ0n) is 15.2. The van der Waals surface area contributed by atoms with Gasteiger partial charge < -0.3 is 4.74 Å². The number of benzene rings is 3. The van der Waals surface area contributed by atoms with Gasteiger partial charge in [0, 0.05) is 5.56 Å².